The van der Waals surface area contributed by atoms with Crippen LogP contribution in [0.1, 0.15) is 68.2 Å². The fraction of sp³-hybridized carbons (Fsp3) is 0.773. The Hall–Kier alpha value is -2.54. The average molecular weight is 553 g/mol. The minimum Gasteiger partial charge on any atom is -0.460 e. The van der Waals surface area contributed by atoms with Gasteiger partial charge in [0.2, 0.25) is 5.91 Å². The molecule has 0 aliphatic carbocycles. The summed E-state index contributed by atoms with van der Waals surface area (Å²) in [6.07, 6.45) is -5.35. The Morgan fingerprint density at radius 1 is 0.973 bits per heavy atom. The molecule has 1 heterocycles. The molecular weight excluding hydrogens is 517 g/mol. The largest absolute Gasteiger partial charge is 0.460 e. The second kappa shape index (κ2) is 12.3. The molecule has 3 N–H and O–H groups in total. The molecule has 1 aliphatic heterocycles. The summed E-state index contributed by atoms with van der Waals surface area (Å²) in [6.45, 7) is 9.27. The van der Waals surface area contributed by atoms with E-state index >= 15 is 0 Å². The van der Waals surface area contributed by atoms with Gasteiger partial charge in [-0.3, -0.25) is 28.5 Å². The summed E-state index contributed by atoms with van der Waals surface area (Å²) in [5.41, 5.74) is 0. The molecule has 6 atom stereocenters. The lowest BCUT2D eigenvalue weighted by Gasteiger charge is -2.56. The molecule has 0 aromatic rings. The standard InChI is InChI=1S/C22H36NO13P/c1-9-17-19(33-14(6)26)18(23-12(4)24)20(36-21(17,10-2)37(29,30)31)22(34-15(7)27,35-16(8)28)11(3)32-13(5)25/h11,17-20H,9-10H2,1-8H3,(H,23,24)(H2,29,30,31). The average Bonchev–Trinajstić information content (AvgIpc) is 2.71. The van der Waals surface area contributed by atoms with Crippen LogP contribution in [0.25, 0.3) is 0 Å². The van der Waals surface area contributed by atoms with Crippen LogP contribution in [0.15, 0.2) is 0 Å². The summed E-state index contributed by atoms with van der Waals surface area (Å²) in [6, 6.07) is -1.49. The van der Waals surface area contributed by atoms with Gasteiger partial charge in [-0.05, 0) is 19.8 Å². The van der Waals surface area contributed by atoms with Gasteiger partial charge in [0, 0.05) is 40.5 Å². The third-order valence-electron chi connectivity index (χ3n) is 6.01. The number of esters is 4. The number of nitrogens with one attached hydrogen (secondary N) is 1. The second-order valence-corrected chi connectivity index (χ2v) is 10.6. The van der Waals surface area contributed by atoms with Crippen molar-refractivity contribution in [3.63, 3.8) is 0 Å². The van der Waals surface area contributed by atoms with Crippen molar-refractivity contribution in [1.29, 1.82) is 0 Å². The Balaban J connectivity index is 4.18. The Morgan fingerprint density at radius 3 is 1.81 bits per heavy atom. The van der Waals surface area contributed by atoms with Crippen molar-refractivity contribution >= 4 is 37.4 Å². The first-order chi connectivity index (χ1) is 16.9. The van der Waals surface area contributed by atoms with E-state index < -0.39 is 78.8 Å². The molecule has 6 unspecified atom stereocenters. The van der Waals surface area contributed by atoms with Crippen molar-refractivity contribution in [1.82, 2.24) is 5.32 Å². The van der Waals surface area contributed by atoms with Gasteiger partial charge in [0.1, 0.15) is 12.1 Å². The molecule has 0 radical (unpaired) electrons. The smallest absolute Gasteiger partial charge is 0.357 e. The summed E-state index contributed by atoms with van der Waals surface area (Å²) in [4.78, 5) is 81.8. The molecule has 1 rings (SSSR count). The zero-order valence-corrected chi connectivity index (χ0v) is 23.0. The molecular formula is C22H36NO13P. The maximum Gasteiger partial charge on any atom is 0.357 e. The predicted octanol–water partition coefficient (Wildman–Crippen LogP) is 0.906. The molecule has 1 amide bonds. The van der Waals surface area contributed by atoms with E-state index in [0.29, 0.717) is 0 Å². The van der Waals surface area contributed by atoms with Gasteiger partial charge in [-0.25, -0.2) is 0 Å². The van der Waals surface area contributed by atoms with Gasteiger partial charge in [-0.2, -0.15) is 0 Å². The van der Waals surface area contributed by atoms with E-state index in [4.69, 9.17) is 23.7 Å². The van der Waals surface area contributed by atoms with Crippen LogP contribution < -0.4 is 5.32 Å². The predicted molar refractivity (Wildman–Crippen MR) is 124 cm³/mol. The number of hydrogen-bond acceptors (Lipinski definition) is 11. The van der Waals surface area contributed by atoms with Crippen LogP contribution >= 0.6 is 7.60 Å². The molecule has 37 heavy (non-hydrogen) atoms. The SMILES string of the molecule is CCC1C(OC(C)=O)C(NC(C)=O)C(C(OC(C)=O)(OC(C)=O)C(C)OC(C)=O)OC1(CC)P(=O)(O)O. The Kier molecular flexibility index (Phi) is 10.8. The third-order valence-corrected chi connectivity index (χ3v) is 7.75. The van der Waals surface area contributed by atoms with Gasteiger partial charge < -0.3 is 38.8 Å². The Labute approximate surface area is 214 Å². The number of carbonyl (C=O) groups is 5. The summed E-state index contributed by atoms with van der Waals surface area (Å²) in [5, 5.41) is 0.149. The first-order valence-corrected chi connectivity index (χ1v) is 13.2. The lowest BCUT2D eigenvalue weighted by Crippen LogP contribution is -2.74. The monoisotopic (exact) mass is 553 g/mol. The normalized spacial score (nSPS) is 26.9. The number of carbonyl (C=O) groups excluding carboxylic acids is 5. The van der Waals surface area contributed by atoms with E-state index in [1.165, 1.54) is 13.8 Å². The molecule has 0 bridgehead atoms. The van der Waals surface area contributed by atoms with Crippen LogP contribution in [-0.2, 0) is 52.2 Å². The molecule has 212 valence electrons. The van der Waals surface area contributed by atoms with Gasteiger partial charge in [-0.1, -0.05) is 13.8 Å². The third kappa shape index (κ3) is 7.07. The van der Waals surface area contributed by atoms with Crippen LogP contribution in [0.5, 0.6) is 0 Å². The number of amides is 1. The summed E-state index contributed by atoms with van der Waals surface area (Å²) in [5.74, 6) is -8.40. The molecule has 0 saturated carbocycles. The molecule has 15 heteroatoms. The van der Waals surface area contributed by atoms with Crippen molar-refractivity contribution < 1.29 is 62.0 Å². The highest BCUT2D eigenvalue weighted by Gasteiger charge is 2.69. The van der Waals surface area contributed by atoms with Crippen LogP contribution in [-0.4, -0.2) is 75.1 Å². The lowest BCUT2D eigenvalue weighted by atomic mass is 9.78. The minimum atomic E-state index is -5.23. The fourth-order valence-electron chi connectivity index (χ4n) is 4.83. The molecule has 0 aromatic heterocycles. The molecule has 0 aromatic carbocycles. The summed E-state index contributed by atoms with van der Waals surface area (Å²) < 4.78 is 40.5. The zero-order valence-electron chi connectivity index (χ0n) is 22.1. The first-order valence-electron chi connectivity index (χ1n) is 11.6. The highest BCUT2D eigenvalue weighted by Crippen LogP contribution is 2.62. The number of rotatable bonds is 10. The molecule has 1 fully saturated rings. The van der Waals surface area contributed by atoms with E-state index in [1.54, 1.807) is 6.92 Å². The highest BCUT2D eigenvalue weighted by molar-refractivity contribution is 7.53. The van der Waals surface area contributed by atoms with Crippen LogP contribution in [0, 0.1) is 5.92 Å². The summed E-state index contributed by atoms with van der Waals surface area (Å²) >= 11 is 0. The van der Waals surface area contributed by atoms with E-state index in [-0.39, 0.29) is 12.8 Å². The van der Waals surface area contributed by atoms with Crippen molar-refractivity contribution in [3.8, 4) is 0 Å². The van der Waals surface area contributed by atoms with Crippen molar-refractivity contribution in [2.75, 3.05) is 0 Å². The van der Waals surface area contributed by atoms with E-state index in [0.717, 1.165) is 34.6 Å². The van der Waals surface area contributed by atoms with Gasteiger partial charge >= 0.3 is 37.3 Å². The molecule has 1 aliphatic rings. The van der Waals surface area contributed by atoms with Crippen molar-refractivity contribution in [3.05, 3.63) is 0 Å². The van der Waals surface area contributed by atoms with Crippen molar-refractivity contribution in [2.24, 2.45) is 5.92 Å². The topological polar surface area (TPSA) is 201 Å². The molecule has 1 saturated heterocycles. The van der Waals surface area contributed by atoms with Crippen LogP contribution in [0.2, 0.25) is 0 Å². The first kappa shape index (κ1) is 32.5. The minimum absolute atomic E-state index is 0.00727. The Morgan fingerprint density at radius 2 is 1.49 bits per heavy atom. The van der Waals surface area contributed by atoms with Gasteiger partial charge in [-0.15, -0.1) is 0 Å². The van der Waals surface area contributed by atoms with Crippen LogP contribution in [0.3, 0.4) is 0 Å². The zero-order chi connectivity index (χ0) is 28.9. The van der Waals surface area contributed by atoms with Gasteiger partial charge in [0.25, 0.3) is 0 Å². The molecule has 0 spiro atoms. The van der Waals surface area contributed by atoms with Crippen molar-refractivity contribution in [2.45, 2.75) is 104 Å². The Bertz CT molecular complexity index is 931. The second-order valence-electron chi connectivity index (χ2n) is 8.76. The highest BCUT2D eigenvalue weighted by atomic mass is 31.2. The van der Waals surface area contributed by atoms with E-state index in [1.807, 2.05) is 0 Å². The summed E-state index contributed by atoms with van der Waals surface area (Å²) in [7, 11) is -5.23. The van der Waals surface area contributed by atoms with Gasteiger partial charge in [0.15, 0.2) is 17.6 Å². The lowest BCUT2D eigenvalue weighted by molar-refractivity contribution is -0.334. The van der Waals surface area contributed by atoms with E-state index in [2.05, 4.69) is 5.32 Å². The molecule has 14 nitrogen and oxygen atoms in total. The maximum atomic E-state index is 13.0. The van der Waals surface area contributed by atoms with E-state index in [9.17, 15) is 38.3 Å². The van der Waals surface area contributed by atoms with Gasteiger partial charge in [0.05, 0.1) is 0 Å². The quantitative estimate of drug-likeness (QED) is 0.149. The fourth-order valence-corrected chi connectivity index (χ4v) is 6.26. The number of hydrogen-bond donors (Lipinski definition) is 3. The van der Waals surface area contributed by atoms with Crippen LogP contribution in [0.4, 0.5) is 0 Å². The maximum absolute atomic E-state index is 13.0. The number of ether oxygens (including phenoxy) is 5.